The van der Waals surface area contributed by atoms with E-state index in [4.69, 9.17) is 14.2 Å². The molecule has 35 heavy (non-hydrogen) atoms. The molecule has 10 nitrogen and oxygen atoms in total. The van der Waals surface area contributed by atoms with Gasteiger partial charge in [0.1, 0.15) is 22.7 Å². The number of benzene rings is 1. The maximum atomic E-state index is 13.7. The second-order valence-corrected chi connectivity index (χ2v) is 9.22. The van der Waals surface area contributed by atoms with Crippen molar-refractivity contribution >= 4 is 17.8 Å². The molecule has 1 aromatic carbocycles. The standard InChI is InChI=1S/C25H32N4O6/c1-25(24(32)26-17-8-6-5-7-9-17)15-29-20(13-19(27-29)23(31)35-4)22(30)28(25)14-16-10-11-18(33-2)12-21(16)34-3/h10-13,17H,5-9,14-15H2,1-4H3,(H,26,32)/t25-/m0/s1. The van der Waals surface area contributed by atoms with Gasteiger partial charge in [0.15, 0.2) is 5.69 Å². The molecule has 188 valence electrons. The van der Waals surface area contributed by atoms with Crippen molar-refractivity contribution in [2.45, 2.75) is 63.7 Å². The summed E-state index contributed by atoms with van der Waals surface area (Å²) in [6.45, 7) is 1.96. The van der Waals surface area contributed by atoms with Gasteiger partial charge in [-0.1, -0.05) is 19.3 Å². The van der Waals surface area contributed by atoms with Gasteiger partial charge in [0, 0.05) is 23.7 Å². The number of esters is 1. The maximum absolute atomic E-state index is 13.7. The molecule has 2 aromatic rings. The van der Waals surface area contributed by atoms with Crippen LogP contribution < -0.4 is 14.8 Å². The van der Waals surface area contributed by atoms with Crippen molar-refractivity contribution in [1.82, 2.24) is 20.0 Å². The smallest absolute Gasteiger partial charge is 0.358 e. The Bertz CT molecular complexity index is 1120. The first-order valence-electron chi connectivity index (χ1n) is 11.8. The number of carbonyl (C=O) groups excluding carboxylic acids is 3. The Hall–Kier alpha value is -3.56. The molecule has 2 aliphatic rings. The number of methoxy groups -OCH3 is 3. The van der Waals surface area contributed by atoms with Gasteiger partial charge in [0.05, 0.1) is 34.4 Å². The molecule has 1 aliphatic carbocycles. The van der Waals surface area contributed by atoms with Crippen LogP contribution in [0.25, 0.3) is 0 Å². The molecule has 1 aromatic heterocycles. The summed E-state index contributed by atoms with van der Waals surface area (Å²) in [5.74, 6) is -0.129. The fourth-order valence-corrected chi connectivity index (χ4v) is 4.83. The van der Waals surface area contributed by atoms with Crippen LogP contribution in [0.5, 0.6) is 11.5 Å². The zero-order chi connectivity index (χ0) is 25.2. The number of rotatable bonds is 7. The molecule has 2 amide bonds. The molecule has 2 heterocycles. The van der Waals surface area contributed by atoms with Gasteiger partial charge in [-0.25, -0.2) is 4.79 Å². The van der Waals surface area contributed by atoms with Gasteiger partial charge in [-0.3, -0.25) is 14.3 Å². The molecule has 0 bridgehead atoms. The summed E-state index contributed by atoms with van der Waals surface area (Å²) in [6, 6.07) is 6.82. The van der Waals surface area contributed by atoms with E-state index in [-0.39, 0.29) is 36.4 Å². The van der Waals surface area contributed by atoms with Crippen LogP contribution in [0, 0.1) is 0 Å². The Labute approximate surface area is 204 Å². The van der Waals surface area contributed by atoms with E-state index in [0.29, 0.717) is 11.5 Å². The average molecular weight is 485 g/mol. The molecule has 1 saturated carbocycles. The van der Waals surface area contributed by atoms with E-state index in [0.717, 1.165) is 31.2 Å². The van der Waals surface area contributed by atoms with Crippen molar-refractivity contribution in [1.29, 1.82) is 0 Å². The van der Waals surface area contributed by atoms with Crippen molar-refractivity contribution in [3.8, 4) is 11.5 Å². The van der Waals surface area contributed by atoms with Gasteiger partial charge in [-0.05, 0) is 31.9 Å². The topological polar surface area (TPSA) is 112 Å². The summed E-state index contributed by atoms with van der Waals surface area (Å²) in [5.41, 5.74) is -0.276. The number of aromatic nitrogens is 2. The lowest BCUT2D eigenvalue weighted by molar-refractivity contribution is -0.134. The van der Waals surface area contributed by atoms with E-state index >= 15 is 0 Å². The fraction of sp³-hybridized carbons (Fsp3) is 0.520. The van der Waals surface area contributed by atoms with Crippen LogP contribution in [0.1, 0.15) is 65.6 Å². The summed E-state index contributed by atoms with van der Waals surface area (Å²) in [7, 11) is 4.37. The first-order chi connectivity index (χ1) is 16.8. The van der Waals surface area contributed by atoms with Crippen LogP contribution in [0.3, 0.4) is 0 Å². The van der Waals surface area contributed by atoms with Crippen LogP contribution in [0.15, 0.2) is 24.3 Å². The summed E-state index contributed by atoms with van der Waals surface area (Å²) in [6.07, 6.45) is 5.14. The minimum Gasteiger partial charge on any atom is -0.497 e. The van der Waals surface area contributed by atoms with Crippen LogP contribution >= 0.6 is 0 Å². The van der Waals surface area contributed by atoms with Gasteiger partial charge in [-0.2, -0.15) is 5.10 Å². The normalized spacial score (nSPS) is 20.2. The highest BCUT2D eigenvalue weighted by Crippen LogP contribution is 2.33. The molecule has 1 aliphatic heterocycles. The third-order valence-electron chi connectivity index (χ3n) is 6.94. The SMILES string of the molecule is COC(=O)c1cc2n(n1)C[C@@](C)(C(=O)NC1CCCCC1)N(Cc1ccc(OC)cc1OC)C2=O. The monoisotopic (exact) mass is 484 g/mol. The van der Waals surface area contributed by atoms with Crippen molar-refractivity contribution < 1.29 is 28.6 Å². The number of fused-ring (bicyclic) bond motifs is 1. The molecule has 0 unspecified atom stereocenters. The second-order valence-electron chi connectivity index (χ2n) is 9.22. The minimum absolute atomic E-state index is 0.0229. The van der Waals surface area contributed by atoms with Crippen molar-refractivity contribution in [2.24, 2.45) is 0 Å². The third kappa shape index (κ3) is 4.69. The molecule has 4 rings (SSSR count). The molecule has 0 saturated heterocycles. The summed E-state index contributed by atoms with van der Waals surface area (Å²) in [5, 5.41) is 7.43. The Morgan fingerprint density at radius 2 is 1.86 bits per heavy atom. The van der Waals surface area contributed by atoms with Crippen LogP contribution in [-0.2, 0) is 22.6 Å². The van der Waals surface area contributed by atoms with Crippen molar-refractivity contribution in [2.75, 3.05) is 21.3 Å². The molecule has 10 heteroatoms. The minimum atomic E-state index is -1.24. The highest BCUT2D eigenvalue weighted by molar-refractivity contribution is 6.01. The predicted molar refractivity (Wildman–Crippen MR) is 126 cm³/mol. The highest BCUT2D eigenvalue weighted by Gasteiger charge is 2.49. The first kappa shape index (κ1) is 24.6. The first-order valence-corrected chi connectivity index (χ1v) is 11.8. The van der Waals surface area contributed by atoms with Crippen molar-refractivity contribution in [3.05, 3.63) is 41.2 Å². The van der Waals surface area contributed by atoms with E-state index in [1.165, 1.54) is 29.2 Å². The van der Waals surface area contributed by atoms with Gasteiger partial charge in [0.2, 0.25) is 5.91 Å². The number of amides is 2. The lowest BCUT2D eigenvalue weighted by atomic mass is 9.91. The molecule has 1 fully saturated rings. The van der Waals surface area contributed by atoms with Gasteiger partial charge in [-0.15, -0.1) is 0 Å². The summed E-state index contributed by atoms with van der Waals surface area (Å²) >= 11 is 0. The largest absolute Gasteiger partial charge is 0.497 e. The van der Waals surface area contributed by atoms with E-state index in [2.05, 4.69) is 10.4 Å². The summed E-state index contributed by atoms with van der Waals surface area (Å²) in [4.78, 5) is 41.1. The molecule has 1 N–H and O–H groups in total. The Morgan fingerprint density at radius 3 is 2.51 bits per heavy atom. The lowest BCUT2D eigenvalue weighted by Crippen LogP contribution is -2.64. The zero-order valence-electron chi connectivity index (χ0n) is 20.6. The lowest BCUT2D eigenvalue weighted by Gasteiger charge is -2.44. The Balaban J connectivity index is 1.72. The fourth-order valence-electron chi connectivity index (χ4n) is 4.83. The quantitative estimate of drug-likeness (QED) is 0.601. The van der Waals surface area contributed by atoms with Crippen molar-refractivity contribution in [3.63, 3.8) is 0 Å². The van der Waals surface area contributed by atoms with Gasteiger partial charge in [0.25, 0.3) is 5.91 Å². The maximum Gasteiger partial charge on any atom is 0.358 e. The number of nitrogens with zero attached hydrogens (tertiary/aromatic N) is 3. The zero-order valence-corrected chi connectivity index (χ0v) is 20.6. The van der Waals surface area contributed by atoms with Gasteiger partial charge < -0.3 is 24.4 Å². The highest BCUT2D eigenvalue weighted by atomic mass is 16.5. The van der Waals surface area contributed by atoms with Crippen LogP contribution in [0.2, 0.25) is 0 Å². The number of nitrogens with one attached hydrogen (secondary N) is 1. The molecule has 1 atom stereocenters. The second kappa shape index (κ2) is 9.97. The molecular weight excluding hydrogens is 452 g/mol. The number of hydrogen-bond acceptors (Lipinski definition) is 7. The molecular formula is C25H32N4O6. The number of hydrogen-bond donors (Lipinski definition) is 1. The average Bonchev–Trinajstić information content (AvgIpc) is 3.30. The van der Waals surface area contributed by atoms with Gasteiger partial charge >= 0.3 is 5.97 Å². The third-order valence-corrected chi connectivity index (χ3v) is 6.94. The van der Waals surface area contributed by atoms with Crippen LogP contribution in [0.4, 0.5) is 0 Å². The Kier molecular flexibility index (Phi) is 7.00. The molecule has 0 radical (unpaired) electrons. The number of ether oxygens (including phenoxy) is 3. The van der Waals surface area contributed by atoms with E-state index in [1.54, 1.807) is 33.3 Å². The van der Waals surface area contributed by atoms with E-state index < -0.39 is 17.4 Å². The predicted octanol–water partition coefficient (Wildman–Crippen LogP) is 2.55. The summed E-state index contributed by atoms with van der Waals surface area (Å²) < 4.78 is 17.0. The van der Waals surface area contributed by atoms with E-state index in [1.807, 2.05) is 6.07 Å². The molecule has 0 spiro atoms. The van der Waals surface area contributed by atoms with E-state index in [9.17, 15) is 14.4 Å². The Morgan fingerprint density at radius 1 is 1.11 bits per heavy atom. The van der Waals surface area contributed by atoms with Crippen LogP contribution in [-0.4, -0.2) is 65.4 Å². The number of carbonyl (C=O) groups is 3.